The molecule has 0 bridgehead atoms. The van der Waals surface area contributed by atoms with E-state index in [1.54, 1.807) is 0 Å². The number of carbonyl (C=O) groups excluding carboxylic acids is 2. The van der Waals surface area contributed by atoms with E-state index in [9.17, 15) is 9.59 Å². The monoisotopic (exact) mass is 324 g/mol. The van der Waals surface area contributed by atoms with Gasteiger partial charge in [0.15, 0.2) is 0 Å². The molecule has 5 heteroatoms. The third-order valence-corrected chi connectivity index (χ3v) is 4.97. The van der Waals surface area contributed by atoms with Gasteiger partial charge in [0.1, 0.15) is 0 Å². The van der Waals surface area contributed by atoms with Crippen LogP contribution < -0.4 is 5.32 Å². The van der Waals surface area contributed by atoms with Gasteiger partial charge in [0.05, 0.1) is 6.10 Å². The summed E-state index contributed by atoms with van der Waals surface area (Å²) in [6.07, 6.45) is 10.0. The number of likely N-dealkylation sites (N-methyl/N-ethyl adjacent to an activating group) is 1. The van der Waals surface area contributed by atoms with Crippen molar-refractivity contribution in [3.8, 4) is 0 Å². The Morgan fingerprint density at radius 3 is 2.39 bits per heavy atom. The van der Waals surface area contributed by atoms with Gasteiger partial charge in [0, 0.05) is 38.6 Å². The summed E-state index contributed by atoms with van der Waals surface area (Å²) in [6.45, 7) is 4.14. The molecule has 0 spiro atoms. The molecule has 1 N–H and O–H groups in total. The highest BCUT2D eigenvalue weighted by atomic mass is 16.5. The van der Waals surface area contributed by atoms with Gasteiger partial charge < -0.3 is 15.0 Å². The van der Waals surface area contributed by atoms with E-state index in [1.165, 1.54) is 25.7 Å². The number of rotatable bonds is 7. The Morgan fingerprint density at radius 2 is 1.78 bits per heavy atom. The van der Waals surface area contributed by atoms with Crippen LogP contribution in [0.2, 0.25) is 0 Å². The highest BCUT2D eigenvalue weighted by Gasteiger charge is 2.22. The summed E-state index contributed by atoms with van der Waals surface area (Å²) in [5, 5.41) is 3.11. The number of hydrogen-bond donors (Lipinski definition) is 1. The van der Waals surface area contributed by atoms with Gasteiger partial charge in [0.2, 0.25) is 11.8 Å². The maximum Gasteiger partial charge on any atom is 0.223 e. The molecule has 1 aliphatic carbocycles. The normalized spacial score (nSPS) is 22.6. The molecular weight excluding hydrogens is 292 g/mol. The maximum absolute atomic E-state index is 12.3. The van der Waals surface area contributed by atoms with E-state index < -0.39 is 0 Å². The Bertz CT molecular complexity index is 372. The fraction of sp³-hybridized carbons (Fsp3) is 0.889. The predicted molar refractivity (Wildman–Crippen MR) is 90.1 cm³/mol. The van der Waals surface area contributed by atoms with Crippen LogP contribution in [-0.2, 0) is 14.3 Å². The van der Waals surface area contributed by atoms with Crippen molar-refractivity contribution < 1.29 is 14.3 Å². The number of ether oxygens (including phenoxy) is 1. The molecule has 23 heavy (non-hydrogen) atoms. The van der Waals surface area contributed by atoms with E-state index in [0.29, 0.717) is 32.0 Å². The SMILES string of the molecule is CCN(C[C@@H]1CCCO1)C(=O)CCC(=O)NC1CCCCCC1. The van der Waals surface area contributed by atoms with Gasteiger partial charge in [-0.3, -0.25) is 9.59 Å². The average molecular weight is 324 g/mol. The molecule has 2 fully saturated rings. The Hall–Kier alpha value is -1.10. The lowest BCUT2D eigenvalue weighted by Gasteiger charge is -2.24. The summed E-state index contributed by atoms with van der Waals surface area (Å²) in [5.74, 6) is 0.0948. The van der Waals surface area contributed by atoms with Crippen LogP contribution in [0.5, 0.6) is 0 Å². The molecule has 1 saturated carbocycles. The second-order valence-corrected chi connectivity index (χ2v) is 6.82. The van der Waals surface area contributed by atoms with Crippen molar-refractivity contribution in [1.82, 2.24) is 10.2 Å². The summed E-state index contributed by atoms with van der Waals surface area (Å²) < 4.78 is 5.60. The zero-order chi connectivity index (χ0) is 16.5. The molecule has 0 aromatic carbocycles. The summed E-state index contributed by atoms with van der Waals surface area (Å²) in [6, 6.07) is 0.314. The van der Waals surface area contributed by atoms with E-state index >= 15 is 0 Å². The van der Waals surface area contributed by atoms with Gasteiger partial charge >= 0.3 is 0 Å². The molecule has 5 nitrogen and oxygen atoms in total. The summed E-state index contributed by atoms with van der Waals surface area (Å²) in [4.78, 5) is 26.2. The zero-order valence-electron chi connectivity index (χ0n) is 14.5. The van der Waals surface area contributed by atoms with E-state index in [0.717, 1.165) is 32.3 Å². The zero-order valence-corrected chi connectivity index (χ0v) is 14.5. The number of hydrogen-bond acceptors (Lipinski definition) is 3. The summed E-state index contributed by atoms with van der Waals surface area (Å²) in [7, 11) is 0. The van der Waals surface area contributed by atoms with E-state index in [1.807, 2.05) is 11.8 Å². The maximum atomic E-state index is 12.3. The molecule has 1 atom stereocenters. The fourth-order valence-electron chi connectivity index (χ4n) is 3.54. The smallest absolute Gasteiger partial charge is 0.223 e. The van der Waals surface area contributed by atoms with Crippen molar-refractivity contribution in [3.63, 3.8) is 0 Å². The molecule has 1 heterocycles. The van der Waals surface area contributed by atoms with E-state index in [2.05, 4.69) is 5.32 Å². The Morgan fingerprint density at radius 1 is 1.04 bits per heavy atom. The minimum Gasteiger partial charge on any atom is -0.376 e. The summed E-state index contributed by atoms with van der Waals surface area (Å²) >= 11 is 0. The lowest BCUT2D eigenvalue weighted by molar-refractivity contribution is -0.134. The van der Waals surface area contributed by atoms with Crippen LogP contribution in [0.1, 0.15) is 71.1 Å². The number of nitrogens with zero attached hydrogens (tertiary/aromatic N) is 1. The van der Waals surface area contributed by atoms with Crippen LogP contribution in [0.15, 0.2) is 0 Å². The van der Waals surface area contributed by atoms with Gasteiger partial charge in [-0.2, -0.15) is 0 Å². The number of carbonyl (C=O) groups is 2. The molecule has 2 rings (SSSR count). The quantitative estimate of drug-likeness (QED) is 0.732. The van der Waals surface area contributed by atoms with Crippen LogP contribution in [0.25, 0.3) is 0 Å². The Balaban J connectivity index is 1.67. The minimum absolute atomic E-state index is 0.0263. The highest BCUT2D eigenvalue weighted by Crippen LogP contribution is 2.17. The van der Waals surface area contributed by atoms with Gasteiger partial charge in [-0.05, 0) is 32.6 Å². The number of amides is 2. The topological polar surface area (TPSA) is 58.6 Å². The van der Waals surface area contributed by atoms with Gasteiger partial charge in [-0.25, -0.2) is 0 Å². The third kappa shape index (κ3) is 6.50. The Labute approximate surface area is 140 Å². The van der Waals surface area contributed by atoms with Crippen molar-refractivity contribution in [1.29, 1.82) is 0 Å². The standard InChI is InChI=1S/C18H32N2O3/c1-2-20(14-16-10-7-13-23-16)18(22)12-11-17(21)19-15-8-5-3-4-6-9-15/h15-16H,2-14H2,1H3,(H,19,21)/t16-/m0/s1. The predicted octanol–water partition coefficient (Wildman–Crippen LogP) is 2.63. The molecule has 0 unspecified atom stereocenters. The van der Waals surface area contributed by atoms with Crippen molar-refractivity contribution in [2.75, 3.05) is 19.7 Å². The van der Waals surface area contributed by atoms with Crippen molar-refractivity contribution in [2.45, 2.75) is 83.3 Å². The molecule has 2 amide bonds. The molecule has 2 aliphatic rings. The number of nitrogens with one attached hydrogen (secondary N) is 1. The first kappa shape index (κ1) is 18.2. The average Bonchev–Trinajstić information content (AvgIpc) is 2.93. The fourth-order valence-corrected chi connectivity index (χ4v) is 3.54. The van der Waals surface area contributed by atoms with Crippen LogP contribution in [-0.4, -0.2) is 48.6 Å². The lowest BCUT2D eigenvalue weighted by atomic mass is 10.1. The van der Waals surface area contributed by atoms with Crippen LogP contribution >= 0.6 is 0 Å². The third-order valence-electron chi connectivity index (χ3n) is 4.97. The molecule has 1 aliphatic heterocycles. The highest BCUT2D eigenvalue weighted by molar-refractivity contribution is 5.83. The second-order valence-electron chi connectivity index (χ2n) is 6.82. The Kier molecular flexibility index (Phi) is 7.86. The minimum atomic E-state index is 0.0263. The largest absolute Gasteiger partial charge is 0.376 e. The molecular formula is C18H32N2O3. The van der Waals surface area contributed by atoms with Crippen molar-refractivity contribution in [2.24, 2.45) is 0 Å². The van der Waals surface area contributed by atoms with E-state index in [4.69, 9.17) is 4.74 Å². The lowest BCUT2D eigenvalue weighted by Crippen LogP contribution is -2.39. The molecule has 1 saturated heterocycles. The molecule has 0 aromatic rings. The molecule has 0 radical (unpaired) electrons. The van der Waals surface area contributed by atoms with Crippen molar-refractivity contribution >= 4 is 11.8 Å². The summed E-state index contributed by atoms with van der Waals surface area (Å²) in [5.41, 5.74) is 0. The molecule has 0 aromatic heterocycles. The van der Waals surface area contributed by atoms with Gasteiger partial charge in [-0.15, -0.1) is 0 Å². The first-order valence-electron chi connectivity index (χ1n) is 9.37. The van der Waals surface area contributed by atoms with Crippen molar-refractivity contribution in [3.05, 3.63) is 0 Å². The van der Waals surface area contributed by atoms with Gasteiger partial charge in [0.25, 0.3) is 0 Å². The van der Waals surface area contributed by atoms with Crippen LogP contribution in [0.3, 0.4) is 0 Å². The first-order chi connectivity index (χ1) is 11.2. The molecule has 132 valence electrons. The second kappa shape index (κ2) is 9.91. The first-order valence-corrected chi connectivity index (χ1v) is 9.37. The van der Waals surface area contributed by atoms with Crippen LogP contribution in [0.4, 0.5) is 0 Å². The van der Waals surface area contributed by atoms with Crippen LogP contribution in [0, 0.1) is 0 Å². The van der Waals surface area contributed by atoms with E-state index in [-0.39, 0.29) is 17.9 Å². The van der Waals surface area contributed by atoms with Gasteiger partial charge in [-0.1, -0.05) is 25.7 Å².